The molecule has 33 heavy (non-hydrogen) atoms. The molecule has 6 nitrogen and oxygen atoms in total. The highest BCUT2D eigenvalue weighted by Crippen LogP contribution is 2.43. The summed E-state index contributed by atoms with van der Waals surface area (Å²) in [5, 5.41) is 24.6. The molecule has 2 aliphatic rings. The van der Waals surface area contributed by atoms with Gasteiger partial charge in [-0.05, 0) is 76.0 Å². The summed E-state index contributed by atoms with van der Waals surface area (Å²) < 4.78 is 6.45. The molecule has 0 spiro atoms. The van der Waals surface area contributed by atoms with Crippen LogP contribution >= 0.6 is 11.6 Å². The van der Waals surface area contributed by atoms with Gasteiger partial charge in [-0.1, -0.05) is 11.6 Å². The first kappa shape index (κ1) is 23.2. The van der Waals surface area contributed by atoms with Gasteiger partial charge >= 0.3 is 0 Å². The van der Waals surface area contributed by atoms with Crippen LogP contribution in [0.1, 0.15) is 42.9 Å². The molecule has 2 aliphatic heterocycles. The van der Waals surface area contributed by atoms with Gasteiger partial charge in [-0.2, -0.15) is 5.26 Å². The van der Waals surface area contributed by atoms with E-state index < -0.39 is 0 Å². The van der Waals surface area contributed by atoms with Crippen molar-refractivity contribution in [2.24, 2.45) is 0 Å². The number of nitriles is 1. The molecule has 0 radical (unpaired) electrons. The number of benzene rings is 2. The molecule has 0 aliphatic carbocycles. The number of hydrogen-bond acceptors (Lipinski definition) is 6. The lowest BCUT2D eigenvalue weighted by Crippen LogP contribution is -2.37. The van der Waals surface area contributed by atoms with Gasteiger partial charge in [0.15, 0.2) is 0 Å². The number of piperidine rings is 1. The summed E-state index contributed by atoms with van der Waals surface area (Å²) in [6, 6.07) is 12.1. The maximum absolute atomic E-state index is 9.17. The highest BCUT2D eigenvalue weighted by molar-refractivity contribution is 6.32. The summed E-state index contributed by atoms with van der Waals surface area (Å²) in [6.07, 6.45) is 7.31. The molecule has 4 rings (SSSR count). The Bertz CT molecular complexity index is 1100. The zero-order valence-corrected chi connectivity index (χ0v) is 19.9. The third-order valence-corrected chi connectivity index (χ3v) is 6.94. The van der Waals surface area contributed by atoms with E-state index in [-0.39, 0.29) is 0 Å². The Balaban J connectivity index is 1.76. The Morgan fingerprint density at radius 2 is 2.06 bits per heavy atom. The lowest BCUT2D eigenvalue weighted by molar-refractivity contribution is 0.420. The lowest BCUT2D eigenvalue weighted by Gasteiger charge is -2.35. The molecule has 1 saturated heterocycles. The van der Waals surface area contributed by atoms with Gasteiger partial charge in [-0.15, -0.1) is 0 Å². The van der Waals surface area contributed by atoms with Gasteiger partial charge < -0.3 is 25.7 Å². The van der Waals surface area contributed by atoms with E-state index in [4.69, 9.17) is 21.7 Å². The van der Waals surface area contributed by atoms with Crippen LogP contribution in [-0.2, 0) is 6.42 Å². The molecule has 0 amide bonds. The van der Waals surface area contributed by atoms with Crippen LogP contribution in [-0.4, -0.2) is 38.4 Å². The zero-order chi connectivity index (χ0) is 23.4. The Morgan fingerprint density at radius 1 is 1.27 bits per heavy atom. The van der Waals surface area contributed by atoms with Crippen molar-refractivity contribution < 1.29 is 4.74 Å². The van der Waals surface area contributed by atoms with E-state index in [0.29, 0.717) is 28.4 Å². The molecule has 1 unspecified atom stereocenters. The number of hydrogen-bond donors (Lipinski definition) is 3. The lowest BCUT2D eigenvalue weighted by atomic mass is 9.92. The fourth-order valence-electron chi connectivity index (χ4n) is 4.47. The number of allylic oxidation sites excluding steroid dienone is 1. The van der Waals surface area contributed by atoms with Crippen molar-refractivity contribution in [2.45, 2.75) is 44.7 Å². The minimum atomic E-state index is 0.392. The van der Waals surface area contributed by atoms with Crippen LogP contribution in [0.4, 0.5) is 5.69 Å². The number of anilines is 1. The van der Waals surface area contributed by atoms with Crippen molar-refractivity contribution in [1.82, 2.24) is 10.6 Å². The summed E-state index contributed by atoms with van der Waals surface area (Å²) in [4.78, 5) is 2.27. The topological polar surface area (TPSA) is 84.2 Å². The van der Waals surface area contributed by atoms with Gasteiger partial charge in [0.25, 0.3) is 0 Å². The molecule has 0 saturated carbocycles. The Morgan fingerprint density at radius 3 is 2.76 bits per heavy atom. The van der Waals surface area contributed by atoms with E-state index in [9.17, 15) is 5.26 Å². The predicted molar refractivity (Wildman–Crippen MR) is 135 cm³/mol. The second-order valence-electron chi connectivity index (χ2n) is 8.73. The predicted octanol–water partition coefficient (Wildman–Crippen LogP) is 5.11. The van der Waals surface area contributed by atoms with Crippen LogP contribution in [0.15, 0.2) is 36.5 Å². The molecule has 2 aromatic carbocycles. The van der Waals surface area contributed by atoms with Gasteiger partial charge in [0.1, 0.15) is 11.5 Å². The molecule has 172 valence electrons. The molecule has 1 fully saturated rings. The number of ether oxygens (including phenoxy) is 1. The fraction of sp³-hybridized carbons (Fsp3) is 0.385. The molecule has 3 N–H and O–H groups in total. The van der Waals surface area contributed by atoms with E-state index in [1.54, 1.807) is 18.2 Å². The van der Waals surface area contributed by atoms with Crippen LogP contribution in [0.25, 0.3) is 5.57 Å². The van der Waals surface area contributed by atoms with Gasteiger partial charge in [0.2, 0.25) is 0 Å². The van der Waals surface area contributed by atoms with E-state index in [1.807, 2.05) is 12.3 Å². The highest BCUT2D eigenvalue weighted by Gasteiger charge is 2.26. The van der Waals surface area contributed by atoms with E-state index >= 15 is 0 Å². The Hall–Kier alpha value is -3.01. The van der Waals surface area contributed by atoms with Crippen LogP contribution in [0.2, 0.25) is 5.02 Å². The van der Waals surface area contributed by atoms with Gasteiger partial charge in [0.05, 0.1) is 16.7 Å². The first-order valence-electron chi connectivity index (χ1n) is 11.5. The number of fused-ring (bicyclic) bond motifs is 1. The fourth-order valence-corrected chi connectivity index (χ4v) is 4.69. The Labute approximate surface area is 200 Å². The summed E-state index contributed by atoms with van der Waals surface area (Å²) in [6.45, 7) is 4.22. The van der Waals surface area contributed by atoms with Crippen LogP contribution in [0.5, 0.6) is 11.5 Å². The van der Waals surface area contributed by atoms with Gasteiger partial charge in [0, 0.05) is 53.9 Å². The van der Waals surface area contributed by atoms with E-state index in [2.05, 4.69) is 41.6 Å². The van der Waals surface area contributed by atoms with Crippen molar-refractivity contribution in [3.63, 3.8) is 0 Å². The molecule has 1 atom stereocenters. The summed E-state index contributed by atoms with van der Waals surface area (Å²) in [5.41, 5.74) is 4.35. The average Bonchev–Trinajstić information content (AvgIpc) is 2.84. The van der Waals surface area contributed by atoms with Crippen molar-refractivity contribution in [1.29, 1.82) is 10.7 Å². The maximum atomic E-state index is 9.17. The molecule has 0 aromatic heterocycles. The molecule has 2 aromatic rings. The second-order valence-corrected chi connectivity index (χ2v) is 9.14. The number of nitrogens with one attached hydrogen (secondary N) is 3. The molecular weight excluding hydrogens is 434 g/mol. The zero-order valence-electron chi connectivity index (χ0n) is 19.1. The van der Waals surface area contributed by atoms with Crippen LogP contribution in [0, 0.1) is 16.7 Å². The smallest absolute Gasteiger partial charge is 0.146 e. The normalized spacial score (nSPS) is 18.9. The van der Waals surface area contributed by atoms with Crippen molar-refractivity contribution >= 4 is 29.1 Å². The van der Waals surface area contributed by atoms with Crippen molar-refractivity contribution in [3.05, 3.63) is 58.2 Å². The minimum Gasteiger partial charge on any atom is -0.455 e. The van der Waals surface area contributed by atoms with E-state index in [0.717, 1.165) is 66.9 Å². The van der Waals surface area contributed by atoms with Crippen molar-refractivity contribution in [2.75, 3.05) is 25.0 Å². The first-order valence-corrected chi connectivity index (χ1v) is 11.8. The van der Waals surface area contributed by atoms with Crippen LogP contribution < -0.4 is 20.3 Å². The first-order chi connectivity index (χ1) is 16.0. The largest absolute Gasteiger partial charge is 0.455 e. The average molecular weight is 464 g/mol. The SMILES string of the molecule is CC1CCc2c(ccc(/C(C=N)=C/NC3CCNCC3)c2Oc2ccc(C#N)cc2Cl)N1C. The minimum absolute atomic E-state index is 0.392. The molecule has 7 heteroatoms. The highest BCUT2D eigenvalue weighted by atomic mass is 35.5. The molecule has 2 heterocycles. The maximum Gasteiger partial charge on any atom is 0.146 e. The quantitative estimate of drug-likeness (QED) is 0.518. The molecule has 0 bridgehead atoms. The third kappa shape index (κ3) is 5.00. The Kier molecular flexibility index (Phi) is 7.22. The van der Waals surface area contributed by atoms with Gasteiger partial charge in [-0.3, -0.25) is 0 Å². The van der Waals surface area contributed by atoms with E-state index in [1.165, 1.54) is 6.21 Å². The number of halogens is 1. The van der Waals surface area contributed by atoms with Crippen LogP contribution in [0.3, 0.4) is 0 Å². The summed E-state index contributed by atoms with van der Waals surface area (Å²) in [7, 11) is 2.10. The number of nitrogens with zero attached hydrogens (tertiary/aromatic N) is 2. The second kappa shape index (κ2) is 10.3. The summed E-state index contributed by atoms with van der Waals surface area (Å²) in [5.74, 6) is 1.22. The summed E-state index contributed by atoms with van der Waals surface area (Å²) >= 11 is 6.46. The monoisotopic (exact) mass is 463 g/mol. The third-order valence-electron chi connectivity index (χ3n) is 6.64. The number of rotatable bonds is 6. The van der Waals surface area contributed by atoms with Gasteiger partial charge in [-0.25, -0.2) is 0 Å². The standard InChI is InChI=1S/C26H30ClN5O/c1-17-3-5-22-24(32(17)2)7-6-21(19(15-29)16-31-20-9-11-30-12-10-20)26(22)33-25-8-4-18(14-28)13-23(25)27/h4,6-8,13,15-17,20,29-31H,3,5,9-12H2,1-2H3/b19-16+,29-15?. The van der Waals surface area contributed by atoms with Crippen molar-refractivity contribution in [3.8, 4) is 17.6 Å². The molecular formula is C26H30ClN5O.